The minimum Gasteiger partial charge on any atom is -0.198 e. The van der Waals surface area contributed by atoms with Crippen molar-refractivity contribution in [2.45, 2.75) is 26.2 Å². The van der Waals surface area contributed by atoms with Gasteiger partial charge in [0, 0.05) is 12.0 Å². The third kappa shape index (κ3) is 5.44. The Morgan fingerprint density at radius 1 is 1.70 bits per heavy atom. The number of allylic oxidation sites excluding steroid dienone is 1. The minimum atomic E-state index is 0.612. The van der Waals surface area contributed by atoms with Crippen molar-refractivity contribution < 1.29 is 0 Å². The highest BCUT2D eigenvalue weighted by Crippen LogP contribution is 2.03. The number of halogens is 1. The Hall–Kier alpha value is -0.700. The molecule has 0 amide bonds. The van der Waals surface area contributed by atoms with Crippen LogP contribution < -0.4 is 0 Å². The van der Waals surface area contributed by atoms with E-state index in [1.54, 1.807) is 0 Å². The van der Waals surface area contributed by atoms with E-state index in [4.69, 9.17) is 16.9 Å². The third-order valence-electron chi connectivity index (χ3n) is 1.14. The fraction of sp³-hybridized carbons (Fsp3) is 0.500. The molecule has 0 radical (unpaired) electrons. The molecule has 0 spiro atoms. The molecule has 0 aromatic carbocycles. The maximum Gasteiger partial charge on any atom is 0.0621 e. The SMILES string of the molecule is CC(=C=CCl)CCCC#N. The van der Waals surface area contributed by atoms with Crippen molar-refractivity contribution in [3.63, 3.8) is 0 Å². The Morgan fingerprint density at radius 2 is 2.40 bits per heavy atom. The molecule has 2 heteroatoms. The van der Waals surface area contributed by atoms with Crippen LogP contribution in [-0.4, -0.2) is 0 Å². The molecule has 1 nitrogen and oxygen atoms in total. The van der Waals surface area contributed by atoms with Crippen LogP contribution in [-0.2, 0) is 0 Å². The van der Waals surface area contributed by atoms with E-state index >= 15 is 0 Å². The highest BCUT2D eigenvalue weighted by molar-refractivity contribution is 6.25. The monoisotopic (exact) mass is 155 g/mol. The number of nitrogens with zero attached hydrogens (tertiary/aromatic N) is 1. The van der Waals surface area contributed by atoms with Gasteiger partial charge in [-0.2, -0.15) is 5.26 Å². The van der Waals surface area contributed by atoms with E-state index in [1.807, 2.05) is 6.92 Å². The van der Waals surface area contributed by atoms with E-state index in [9.17, 15) is 0 Å². The van der Waals surface area contributed by atoms with Crippen molar-refractivity contribution in [2.75, 3.05) is 0 Å². The van der Waals surface area contributed by atoms with Crippen LogP contribution in [0.4, 0.5) is 0 Å². The van der Waals surface area contributed by atoms with Gasteiger partial charge in [0.1, 0.15) is 0 Å². The molecule has 0 aromatic rings. The number of hydrogen-bond donors (Lipinski definition) is 0. The Kier molecular flexibility index (Phi) is 5.97. The predicted octanol–water partition coefficient (Wildman–Crippen LogP) is 2.98. The first-order valence-corrected chi connectivity index (χ1v) is 3.62. The summed E-state index contributed by atoms with van der Waals surface area (Å²) < 4.78 is 0. The van der Waals surface area contributed by atoms with Crippen molar-refractivity contribution in [1.29, 1.82) is 5.26 Å². The number of rotatable bonds is 3. The molecule has 0 unspecified atom stereocenters. The fourth-order valence-corrected chi connectivity index (χ4v) is 0.784. The molecule has 0 bridgehead atoms. The van der Waals surface area contributed by atoms with Crippen molar-refractivity contribution in [1.82, 2.24) is 0 Å². The van der Waals surface area contributed by atoms with Crippen LogP contribution >= 0.6 is 11.6 Å². The van der Waals surface area contributed by atoms with Crippen LogP contribution in [0.25, 0.3) is 0 Å². The first-order valence-electron chi connectivity index (χ1n) is 3.19. The molecule has 54 valence electrons. The van der Waals surface area contributed by atoms with Crippen molar-refractivity contribution in [3.8, 4) is 6.07 Å². The van der Waals surface area contributed by atoms with Crippen molar-refractivity contribution in [2.24, 2.45) is 0 Å². The Balaban J connectivity index is 3.52. The fourth-order valence-electron chi connectivity index (χ4n) is 0.598. The van der Waals surface area contributed by atoms with E-state index in [0.717, 1.165) is 18.4 Å². The Labute approximate surface area is 66.6 Å². The Morgan fingerprint density at radius 3 is 2.90 bits per heavy atom. The minimum absolute atomic E-state index is 0.612. The van der Waals surface area contributed by atoms with Crippen LogP contribution in [0.5, 0.6) is 0 Å². The second-order valence-electron chi connectivity index (χ2n) is 2.05. The van der Waals surface area contributed by atoms with Gasteiger partial charge >= 0.3 is 0 Å². The molecule has 0 aliphatic rings. The summed E-state index contributed by atoms with van der Waals surface area (Å²) in [6, 6.07) is 2.08. The molecule has 0 aliphatic carbocycles. The average Bonchev–Trinajstić information content (AvgIpc) is 1.89. The quantitative estimate of drug-likeness (QED) is 0.454. The van der Waals surface area contributed by atoms with Crippen LogP contribution in [0.3, 0.4) is 0 Å². The molecule has 0 saturated heterocycles. The molecule has 0 saturated carbocycles. The smallest absolute Gasteiger partial charge is 0.0621 e. The van der Waals surface area contributed by atoms with Crippen LogP contribution in [0.15, 0.2) is 16.8 Å². The van der Waals surface area contributed by atoms with Gasteiger partial charge in [0.05, 0.1) is 6.07 Å². The largest absolute Gasteiger partial charge is 0.198 e. The number of nitriles is 1. The van der Waals surface area contributed by atoms with Gasteiger partial charge in [0.25, 0.3) is 0 Å². The van der Waals surface area contributed by atoms with E-state index < -0.39 is 0 Å². The van der Waals surface area contributed by atoms with Gasteiger partial charge < -0.3 is 0 Å². The summed E-state index contributed by atoms with van der Waals surface area (Å²) in [5, 5.41) is 8.20. The highest BCUT2D eigenvalue weighted by atomic mass is 35.5. The van der Waals surface area contributed by atoms with Crippen molar-refractivity contribution in [3.05, 3.63) is 16.8 Å². The first kappa shape index (κ1) is 9.30. The lowest BCUT2D eigenvalue weighted by Crippen LogP contribution is -1.74. The summed E-state index contributed by atoms with van der Waals surface area (Å²) in [5.41, 5.74) is 5.33. The zero-order valence-electron chi connectivity index (χ0n) is 6.02. The first-order chi connectivity index (χ1) is 4.81. The third-order valence-corrected chi connectivity index (χ3v) is 1.25. The molecule has 0 atom stereocenters. The van der Waals surface area contributed by atoms with Gasteiger partial charge in [0.15, 0.2) is 0 Å². The van der Waals surface area contributed by atoms with Gasteiger partial charge in [-0.1, -0.05) is 11.6 Å². The summed E-state index contributed by atoms with van der Waals surface area (Å²) in [6.45, 7) is 1.95. The van der Waals surface area contributed by atoms with Gasteiger partial charge in [-0.3, -0.25) is 0 Å². The van der Waals surface area contributed by atoms with E-state index in [2.05, 4.69) is 11.8 Å². The lowest BCUT2D eigenvalue weighted by Gasteiger charge is -1.90. The van der Waals surface area contributed by atoms with E-state index in [-0.39, 0.29) is 0 Å². The normalized spacial score (nSPS) is 7.70. The zero-order valence-corrected chi connectivity index (χ0v) is 6.78. The molecular formula is C8H10ClN. The van der Waals surface area contributed by atoms with Gasteiger partial charge in [-0.05, 0) is 25.3 Å². The molecule has 0 N–H and O–H groups in total. The van der Waals surface area contributed by atoms with Crippen LogP contribution in [0, 0.1) is 11.3 Å². The zero-order chi connectivity index (χ0) is 7.82. The summed E-state index contributed by atoms with van der Waals surface area (Å²) in [4.78, 5) is 0. The average molecular weight is 156 g/mol. The lowest BCUT2D eigenvalue weighted by atomic mass is 10.1. The maximum absolute atomic E-state index is 8.20. The Bertz CT molecular complexity index is 182. The summed E-state index contributed by atoms with van der Waals surface area (Å²) >= 11 is 5.29. The molecule has 0 rings (SSSR count). The highest BCUT2D eigenvalue weighted by Gasteiger charge is 1.87. The molecule has 10 heavy (non-hydrogen) atoms. The predicted molar refractivity (Wildman–Crippen MR) is 42.6 cm³/mol. The van der Waals surface area contributed by atoms with Gasteiger partial charge in [-0.15, -0.1) is 5.73 Å². The standard InChI is InChI=1S/C8H10ClN/c1-8(5-6-9)4-2-3-7-10/h6H,2-4H2,1H3. The topological polar surface area (TPSA) is 23.8 Å². The second-order valence-corrected chi connectivity index (χ2v) is 2.26. The van der Waals surface area contributed by atoms with Gasteiger partial charge in [0.2, 0.25) is 0 Å². The maximum atomic E-state index is 8.20. The summed E-state index contributed by atoms with van der Waals surface area (Å²) in [7, 11) is 0. The van der Waals surface area contributed by atoms with E-state index in [0.29, 0.717) is 6.42 Å². The molecule has 0 fully saturated rings. The molecule has 0 aromatic heterocycles. The molecule has 0 aliphatic heterocycles. The molecule has 0 heterocycles. The van der Waals surface area contributed by atoms with E-state index in [1.165, 1.54) is 5.54 Å². The van der Waals surface area contributed by atoms with Crippen molar-refractivity contribution >= 4 is 11.6 Å². The molecular weight excluding hydrogens is 146 g/mol. The summed E-state index contributed by atoms with van der Waals surface area (Å²) in [5.74, 6) is 0. The van der Waals surface area contributed by atoms with Crippen LogP contribution in [0.1, 0.15) is 26.2 Å². The summed E-state index contributed by atoms with van der Waals surface area (Å²) in [6.07, 6.45) is 2.43. The lowest BCUT2D eigenvalue weighted by molar-refractivity contribution is 0.841. The van der Waals surface area contributed by atoms with Crippen LogP contribution in [0.2, 0.25) is 0 Å². The number of unbranched alkanes of at least 4 members (excludes halogenated alkanes) is 1. The number of hydrogen-bond acceptors (Lipinski definition) is 1. The van der Waals surface area contributed by atoms with Gasteiger partial charge in [-0.25, -0.2) is 0 Å². The second kappa shape index (κ2) is 6.42.